The van der Waals surface area contributed by atoms with Gasteiger partial charge in [0, 0.05) is 12.8 Å². The molecule has 13 nitrogen and oxygen atoms in total. The molecule has 4 unspecified atom stereocenters. The number of hydrogen-bond donors (Lipinski definition) is 7. The molecule has 4 amide bonds. The van der Waals surface area contributed by atoms with Gasteiger partial charge >= 0.3 is 11.9 Å². The van der Waals surface area contributed by atoms with Crippen molar-refractivity contribution in [3.05, 3.63) is 35.9 Å². The summed E-state index contributed by atoms with van der Waals surface area (Å²) < 4.78 is 0. The van der Waals surface area contributed by atoms with E-state index < -0.39 is 72.1 Å². The molecule has 0 fully saturated rings. The van der Waals surface area contributed by atoms with E-state index in [0.29, 0.717) is 5.56 Å². The van der Waals surface area contributed by atoms with Gasteiger partial charge in [0.15, 0.2) is 0 Å². The zero-order valence-corrected chi connectivity index (χ0v) is 20.1. The van der Waals surface area contributed by atoms with E-state index in [2.05, 4.69) is 16.0 Å². The van der Waals surface area contributed by atoms with Gasteiger partial charge < -0.3 is 37.6 Å². The third kappa shape index (κ3) is 10.5. The van der Waals surface area contributed by atoms with Crippen LogP contribution in [0.2, 0.25) is 0 Å². The molecule has 0 spiro atoms. The number of nitrogens with two attached hydrogens (primary N) is 2. The molecule has 4 atom stereocenters. The molecule has 1 aromatic carbocycles. The molecule has 1 aromatic rings. The van der Waals surface area contributed by atoms with Crippen molar-refractivity contribution in [1.29, 1.82) is 0 Å². The Morgan fingerprint density at radius 2 is 1.44 bits per heavy atom. The van der Waals surface area contributed by atoms with Crippen LogP contribution in [0, 0.1) is 5.92 Å². The molecular weight excluding hydrogens is 474 g/mol. The van der Waals surface area contributed by atoms with Crippen molar-refractivity contribution in [2.75, 3.05) is 0 Å². The molecule has 0 radical (unpaired) electrons. The minimum absolute atomic E-state index is 0.0149. The van der Waals surface area contributed by atoms with Crippen LogP contribution in [-0.4, -0.2) is 69.9 Å². The van der Waals surface area contributed by atoms with Gasteiger partial charge in [-0.3, -0.25) is 24.0 Å². The van der Waals surface area contributed by atoms with Gasteiger partial charge in [-0.25, -0.2) is 4.79 Å². The van der Waals surface area contributed by atoms with E-state index in [-0.39, 0.29) is 19.3 Å². The largest absolute Gasteiger partial charge is 0.481 e. The second kappa shape index (κ2) is 14.4. The summed E-state index contributed by atoms with van der Waals surface area (Å²) in [5.74, 6) is -6.30. The summed E-state index contributed by atoms with van der Waals surface area (Å²) in [4.78, 5) is 71.8. The molecule has 0 aliphatic rings. The van der Waals surface area contributed by atoms with Gasteiger partial charge in [-0.1, -0.05) is 44.2 Å². The van der Waals surface area contributed by atoms with Crippen LogP contribution in [0.3, 0.4) is 0 Å². The van der Waals surface area contributed by atoms with E-state index in [1.54, 1.807) is 44.2 Å². The van der Waals surface area contributed by atoms with Crippen LogP contribution >= 0.6 is 0 Å². The zero-order chi connectivity index (χ0) is 27.4. The Hall–Kier alpha value is -4.00. The zero-order valence-electron chi connectivity index (χ0n) is 20.1. The Kier molecular flexibility index (Phi) is 12.0. The number of primary amides is 1. The highest BCUT2D eigenvalue weighted by Gasteiger charge is 2.32. The van der Waals surface area contributed by atoms with Gasteiger partial charge in [0.25, 0.3) is 0 Å². The molecular formula is C23H33N5O8. The molecule has 13 heteroatoms. The normalized spacial score (nSPS) is 14.1. The highest BCUT2D eigenvalue weighted by atomic mass is 16.4. The summed E-state index contributed by atoms with van der Waals surface area (Å²) in [6.45, 7) is 3.24. The van der Waals surface area contributed by atoms with Gasteiger partial charge in [-0.2, -0.15) is 0 Å². The van der Waals surface area contributed by atoms with Crippen molar-refractivity contribution in [2.45, 2.75) is 63.7 Å². The average Bonchev–Trinajstić information content (AvgIpc) is 2.78. The lowest BCUT2D eigenvalue weighted by Gasteiger charge is -2.27. The summed E-state index contributed by atoms with van der Waals surface area (Å²) in [6, 6.07) is 3.44. The van der Waals surface area contributed by atoms with Crippen molar-refractivity contribution in [1.82, 2.24) is 16.0 Å². The van der Waals surface area contributed by atoms with Gasteiger partial charge in [-0.05, 0) is 17.9 Å². The molecule has 0 aliphatic heterocycles. The number of carboxylic acids is 2. The van der Waals surface area contributed by atoms with E-state index in [9.17, 15) is 33.9 Å². The summed E-state index contributed by atoms with van der Waals surface area (Å²) in [5, 5.41) is 25.5. The topological polar surface area (TPSA) is 231 Å². The molecule has 0 aliphatic carbocycles. The minimum atomic E-state index is -1.41. The maximum absolute atomic E-state index is 13.1. The fraction of sp³-hybridized carbons (Fsp3) is 0.478. The lowest BCUT2D eigenvalue weighted by molar-refractivity contribution is -0.143. The highest BCUT2D eigenvalue weighted by molar-refractivity contribution is 5.95. The van der Waals surface area contributed by atoms with Crippen LogP contribution in [-0.2, 0) is 35.2 Å². The number of rotatable bonds is 15. The molecule has 198 valence electrons. The van der Waals surface area contributed by atoms with Gasteiger partial charge in [0.1, 0.15) is 18.1 Å². The van der Waals surface area contributed by atoms with Crippen LogP contribution < -0.4 is 27.4 Å². The summed E-state index contributed by atoms with van der Waals surface area (Å²) >= 11 is 0. The first-order valence-electron chi connectivity index (χ1n) is 11.2. The van der Waals surface area contributed by atoms with Crippen molar-refractivity contribution < 1.29 is 39.0 Å². The summed E-state index contributed by atoms with van der Waals surface area (Å²) in [7, 11) is 0. The Labute approximate surface area is 208 Å². The molecule has 0 heterocycles. The van der Waals surface area contributed by atoms with E-state index in [4.69, 9.17) is 16.6 Å². The maximum atomic E-state index is 13.1. The quantitative estimate of drug-likeness (QED) is 0.146. The third-order valence-electron chi connectivity index (χ3n) is 5.19. The number of carboxylic acid groups (broad SMARTS) is 2. The molecule has 36 heavy (non-hydrogen) atoms. The molecule has 1 rings (SSSR count). The first-order chi connectivity index (χ1) is 16.8. The number of carbonyl (C=O) groups excluding carboxylic acids is 4. The molecule has 0 saturated carbocycles. The van der Waals surface area contributed by atoms with Gasteiger partial charge in [0.05, 0.1) is 12.5 Å². The highest BCUT2D eigenvalue weighted by Crippen LogP contribution is 2.08. The van der Waals surface area contributed by atoms with Crippen molar-refractivity contribution >= 4 is 35.6 Å². The number of aliphatic carboxylic acids is 2. The van der Waals surface area contributed by atoms with Crippen molar-refractivity contribution in [3.8, 4) is 0 Å². The minimum Gasteiger partial charge on any atom is -0.481 e. The molecule has 0 saturated heterocycles. The van der Waals surface area contributed by atoms with Gasteiger partial charge in [0.2, 0.25) is 23.6 Å². The second-order valence-corrected chi connectivity index (χ2v) is 8.59. The predicted molar refractivity (Wildman–Crippen MR) is 127 cm³/mol. The van der Waals surface area contributed by atoms with Crippen LogP contribution in [0.4, 0.5) is 0 Å². The van der Waals surface area contributed by atoms with Gasteiger partial charge in [-0.15, -0.1) is 0 Å². The fourth-order valence-corrected chi connectivity index (χ4v) is 3.21. The Balaban J connectivity index is 3.06. The Morgan fingerprint density at radius 1 is 0.861 bits per heavy atom. The molecule has 9 N–H and O–H groups in total. The lowest BCUT2D eigenvalue weighted by atomic mass is 10.00. The van der Waals surface area contributed by atoms with E-state index in [0.717, 1.165) is 0 Å². The van der Waals surface area contributed by atoms with E-state index >= 15 is 0 Å². The van der Waals surface area contributed by atoms with E-state index in [1.165, 1.54) is 0 Å². The van der Waals surface area contributed by atoms with Crippen molar-refractivity contribution in [2.24, 2.45) is 17.4 Å². The standard InChI is InChI=1S/C23H33N5O8/c1-12(2)19(22(34)26-15(23(35)36)8-9-17(25)29)28-21(33)16(10-13-6-4-3-5-7-13)27-20(32)14(24)11-18(30)31/h3-7,12,14-16,19H,8-11,24H2,1-2H3,(H2,25,29)(H,26,34)(H,27,32)(H,28,33)(H,30,31)(H,35,36). The first kappa shape index (κ1) is 30.0. The number of hydrogen-bond acceptors (Lipinski definition) is 7. The Bertz CT molecular complexity index is 953. The van der Waals surface area contributed by atoms with Crippen LogP contribution in [0.15, 0.2) is 30.3 Å². The fourth-order valence-electron chi connectivity index (χ4n) is 3.21. The first-order valence-corrected chi connectivity index (χ1v) is 11.2. The maximum Gasteiger partial charge on any atom is 0.326 e. The second-order valence-electron chi connectivity index (χ2n) is 8.59. The SMILES string of the molecule is CC(C)C(NC(=O)C(Cc1ccccc1)NC(=O)C(N)CC(=O)O)C(=O)NC(CCC(N)=O)C(=O)O. The smallest absolute Gasteiger partial charge is 0.326 e. The van der Waals surface area contributed by atoms with Crippen LogP contribution in [0.25, 0.3) is 0 Å². The van der Waals surface area contributed by atoms with Crippen LogP contribution in [0.1, 0.15) is 38.7 Å². The average molecular weight is 508 g/mol. The number of carbonyl (C=O) groups is 6. The molecule has 0 bridgehead atoms. The monoisotopic (exact) mass is 507 g/mol. The number of nitrogens with one attached hydrogen (secondary N) is 3. The van der Waals surface area contributed by atoms with E-state index in [1.807, 2.05) is 0 Å². The Morgan fingerprint density at radius 3 is 1.94 bits per heavy atom. The molecule has 0 aromatic heterocycles. The number of benzene rings is 1. The third-order valence-corrected chi connectivity index (χ3v) is 5.19. The summed E-state index contributed by atoms with van der Waals surface area (Å²) in [6.07, 6.45) is -1.13. The number of amides is 4. The summed E-state index contributed by atoms with van der Waals surface area (Å²) in [5.41, 5.74) is 11.3. The van der Waals surface area contributed by atoms with Crippen molar-refractivity contribution in [3.63, 3.8) is 0 Å². The predicted octanol–water partition coefficient (Wildman–Crippen LogP) is -1.51. The van der Waals surface area contributed by atoms with Crippen LogP contribution in [0.5, 0.6) is 0 Å². The lowest BCUT2D eigenvalue weighted by Crippen LogP contribution is -2.59.